The van der Waals surface area contributed by atoms with Crippen molar-refractivity contribution >= 4 is 0 Å². The third-order valence-corrected chi connectivity index (χ3v) is 4.63. The van der Waals surface area contributed by atoms with Crippen LogP contribution in [0.3, 0.4) is 0 Å². The van der Waals surface area contributed by atoms with Crippen LogP contribution in [0.25, 0.3) is 0 Å². The van der Waals surface area contributed by atoms with E-state index in [1.54, 1.807) is 0 Å². The maximum absolute atomic E-state index is 5.36. The van der Waals surface area contributed by atoms with Crippen molar-refractivity contribution in [1.29, 1.82) is 0 Å². The molecular weight excluding hydrogens is 228 g/mol. The van der Waals surface area contributed by atoms with Crippen LogP contribution in [0, 0.1) is 5.41 Å². The summed E-state index contributed by atoms with van der Waals surface area (Å²) >= 11 is 0. The fourth-order valence-electron chi connectivity index (χ4n) is 3.34. The van der Waals surface area contributed by atoms with Crippen molar-refractivity contribution in [3.63, 3.8) is 0 Å². The lowest BCUT2D eigenvalue weighted by molar-refractivity contribution is 0.235. The van der Waals surface area contributed by atoms with E-state index in [2.05, 4.69) is 20.4 Å². The van der Waals surface area contributed by atoms with Gasteiger partial charge in [0.1, 0.15) is 0 Å². The number of rotatable bonds is 3. The highest BCUT2D eigenvalue weighted by molar-refractivity contribution is 5.04. The van der Waals surface area contributed by atoms with E-state index in [1.807, 2.05) is 0 Å². The summed E-state index contributed by atoms with van der Waals surface area (Å²) in [6.45, 7) is 5.55. The first kappa shape index (κ1) is 10.9. The zero-order valence-corrected chi connectivity index (χ0v) is 10.7. The average Bonchev–Trinajstić information content (AvgIpc) is 2.81. The molecule has 3 fully saturated rings. The van der Waals surface area contributed by atoms with E-state index in [0.29, 0.717) is 11.3 Å². The maximum Gasteiger partial charge on any atom is 0.240 e. The quantitative estimate of drug-likeness (QED) is 0.869. The van der Waals surface area contributed by atoms with Crippen LogP contribution in [0.15, 0.2) is 4.52 Å². The molecule has 2 saturated heterocycles. The molecule has 1 unspecified atom stereocenters. The highest BCUT2D eigenvalue weighted by Gasteiger charge is 2.40. The number of hydrogen-bond acceptors (Lipinski definition) is 5. The molecule has 1 atom stereocenters. The first-order valence-corrected chi connectivity index (χ1v) is 7.09. The fourth-order valence-corrected chi connectivity index (χ4v) is 3.34. The van der Waals surface area contributed by atoms with Crippen LogP contribution in [0.2, 0.25) is 0 Å². The Kier molecular flexibility index (Phi) is 2.45. The van der Waals surface area contributed by atoms with Gasteiger partial charge in [0, 0.05) is 19.0 Å². The molecule has 5 heteroatoms. The molecule has 18 heavy (non-hydrogen) atoms. The van der Waals surface area contributed by atoms with Crippen LogP contribution in [0.4, 0.5) is 0 Å². The number of nitrogens with zero attached hydrogens (tertiary/aromatic N) is 3. The van der Waals surface area contributed by atoms with E-state index in [4.69, 9.17) is 4.52 Å². The molecule has 1 spiro atoms. The molecule has 1 aromatic rings. The van der Waals surface area contributed by atoms with Crippen molar-refractivity contribution in [1.82, 2.24) is 20.4 Å². The number of hydrogen-bond donors (Lipinski definition) is 1. The van der Waals surface area contributed by atoms with Gasteiger partial charge in [-0.15, -0.1) is 0 Å². The Hall–Kier alpha value is -0.940. The molecule has 4 rings (SSSR count). The Morgan fingerprint density at radius 3 is 3.11 bits per heavy atom. The van der Waals surface area contributed by atoms with Gasteiger partial charge in [0.25, 0.3) is 0 Å². The van der Waals surface area contributed by atoms with Crippen molar-refractivity contribution in [2.45, 2.75) is 38.1 Å². The Bertz CT molecular complexity index is 434. The number of nitrogens with one attached hydrogen (secondary N) is 1. The van der Waals surface area contributed by atoms with Crippen LogP contribution in [-0.4, -0.2) is 41.2 Å². The summed E-state index contributed by atoms with van der Waals surface area (Å²) in [6.07, 6.45) is 5.10. The maximum atomic E-state index is 5.36. The standard InChI is InChI=1S/C13H20N4O/c1-2-10(1)12-15-11(18-16-12)7-17-6-4-13(9-17)3-5-14-8-13/h10,14H,1-9H2. The third kappa shape index (κ3) is 1.95. The Morgan fingerprint density at radius 2 is 2.33 bits per heavy atom. The molecule has 98 valence electrons. The normalized spacial score (nSPS) is 32.7. The zero-order valence-electron chi connectivity index (χ0n) is 10.7. The van der Waals surface area contributed by atoms with E-state index in [-0.39, 0.29) is 0 Å². The number of aromatic nitrogens is 2. The highest BCUT2D eigenvalue weighted by Crippen LogP contribution is 2.39. The lowest BCUT2D eigenvalue weighted by atomic mass is 9.87. The van der Waals surface area contributed by atoms with Crippen molar-refractivity contribution in [3.8, 4) is 0 Å². The SMILES string of the molecule is C1CC2(CCN(Cc3nc(C4CC4)no3)C2)CN1. The lowest BCUT2D eigenvalue weighted by Crippen LogP contribution is -2.29. The first-order valence-electron chi connectivity index (χ1n) is 7.09. The summed E-state index contributed by atoms with van der Waals surface area (Å²) < 4.78 is 5.36. The summed E-state index contributed by atoms with van der Waals surface area (Å²) in [5, 5.41) is 7.57. The number of likely N-dealkylation sites (tertiary alicyclic amines) is 1. The highest BCUT2D eigenvalue weighted by atomic mass is 16.5. The van der Waals surface area contributed by atoms with Crippen LogP contribution in [-0.2, 0) is 6.54 Å². The fraction of sp³-hybridized carbons (Fsp3) is 0.846. The third-order valence-electron chi connectivity index (χ3n) is 4.63. The topological polar surface area (TPSA) is 54.2 Å². The van der Waals surface area contributed by atoms with Gasteiger partial charge in [-0.05, 0) is 44.2 Å². The molecular formula is C13H20N4O. The minimum absolute atomic E-state index is 0.527. The second-order valence-corrected chi connectivity index (χ2v) is 6.21. The minimum Gasteiger partial charge on any atom is -0.338 e. The van der Waals surface area contributed by atoms with Crippen LogP contribution in [0.1, 0.15) is 43.3 Å². The predicted molar refractivity (Wildman–Crippen MR) is 66.1 cm³/mol. The Morgan fingerprint density at radius 1 is 1.39 bits per heavy atom. The summed E-state index contributed by atoms with van der Waals surface area (Å²) in [7, 11) is 0. The molecule has 5 nitrogen and oxygen atoms in total. The Balaban J connectivity index is 1.39. The van der Waals surface area contributed by atoms with Gasteiger partial charge >= 0.3 is 0 Å². The van der Waals surface area contributed by atoms with Crippen molar-refractivity contribution in [2.24, 2.45) is 5.41 Å². The Labute approximate surface area is 107 Å². The smallest absolute Gasteiger partial charge is 0.240 e. The molecule has 3 heterocycles. The van der Waals surface area contributed by atoms with Crippen molar-refractivity contribution in [3.05, 3.63) is 11.7 Å². The van der Waals surface area contributed by atoms with Crippen molar-refractivity contribution in [2.75, 3.05) is 26.2 Å². The zero-order chi connectivity index (χ0) is 12.0. The van der Waals surface area contributed by atoms with Crippen LogP contribution in [0.5, 0.6) is 0 Å². The second-order valence-electron chi connectivity index (χ2n) is 6.21. The van der Waals surface area contributed by atoms with Gasteiger partial charge in [0.15, 0.2) is 5.82 Å². The van der Waals surface area contributed by atoms with Gasteiger partial charge in [-0.3, -0.25) is 4.90 Å². The van der Waals surface area contributed by atoms with Gasteiger partial charge in [-0.2, -0.15) is 4.98 Å². The second kappa shape index (κ2) is 4.03. The molecule has 0 radical (unpaired) electrons. The van der Waals surface area contributed by atoms with Gasteiger partial charge in [-0.25, -0.2) is 0 Å². The summed E-state index contributed by atoms with van der Waals surface area (Å²) in [5.74, 6) is 2.33. The van der Waals surface area contributed by atoms with Crippen molar-refractivity contribution < 1.29 is 4.52 Å². The first-order chi connectivity index (χ1) is 8.83. The molecule has 1 N–H and O–H groups in total. The van der Waals surface area contributed by atoms with Crippen LogP contribution < -0.4 is 5.32 Å². The molecule has 1 aromatic heterocycles. The minimum atomic E-state index is 0.527. The van der Waals surface area contributed by atoms with E-state index in [1.165, 1.54) is 51.9 Å². The van der Waals surface area contributed by atoms with E-state index in [9.17, 15) is 0 Å². The van der Waals surface area contributed by atoms with Gasteiger partial charge < -0.3 is 9.84 Å². The van der Waals surface area contributed by atoms with E-state index in [0.717, 1.165) is 18.3 Å². The molecule has 2 aliphatic heterocycles. The largest absolute Gasteiger partial charge is 0.338 e. The lowest BCUT2D eigenvalue weighted by Gasteiger charge is -2.21. The van der Waals surface area contributed by atoms with Gasteiger partial charge in [0.2, 0.25) is 5.89 Å². The molecule has 3 aliphatic rings. The summed E-state index contributed by atoms with van der Waals surface area (Å²) in [6, 6.07) is 0. The molecule has 0 aromatic carbocycles. The molecule has 0 bridgehead atoms. The van der Waals surface area contributed by atoms with E-state index >= 15 is 0 Å². The molecule has 0 amide bonds. The van der Waals surface area contributed by atoms with E-state index < -0.39 is 0 Å². The average molecular weight is 248 g/mol. The summed E-state index contributed by atoms with van der Waals surface area (Å²) in [4.78, 5) is 6.99. The van der Waals surface area contributed by atoms with Gasteiger partial charge in [-0.1, -0.05) is 5.16 Å². The predicted octanol–water partition coefficient (Wildman–Crippen LogP) is 1.13. The summed E-state index contributed by atoms with van der Waals surface area (Å²) in [5.41, 5.74) is 0.527. The monoisotopic (exact) mass is 248 g/mol. The van der Waals surface area contributed by atoms with Crippen LogP contribution >= 0.6 is 0 Å². The molecule has 1 saturated carbocycles. The molecule has 1 aliphatic carbocycles. The van der Waals surface area contributed by atoms with Gasteiger partial charge in [0.05, 0.1) is 6.54 Å².